The molecule has 5 nitrogen and oxygen atoms in total. The van der Waals surface area contributed by atoms with Crippen LogP contribution in [0.15, 0.2) is 53.4 Å². The molecule has 2 N–H and O–H groups in total. The van der Waals surface area contributed by atoms with Gasteiger partial charge in [0.25, 0.3) is 0 Å². The van der Waals surface area contributed by atoms with Crippen LogP contribution >= 0.6 is 23.4 Å². The summed E-state index contributed by atoms with van der Waals surface area (Å²) in [5.41, 5.74) is 1.53. The van der Waals surface area contributed by atoms with Gasteiger partial charge in [-0.05, 0) is 48.5 Å². The van der Waals surface area contributed by atoms with Crippen LogP contribution in [-0.4, -0.2) is 30.8 Å². The Balaban J connectivity index is 1.52. The SMILES string of the molecule is O=C(CSc1ccc(Cl)cc1)Nc1ccc(N2CCNC2=O)cc1. The van der Waals surface area contributed by atoms with E-state index < -0.39 is 0 Å². The molecule has 3 amide bonds. The molecular weight excluding hydrogens is 346 g/mol. The first-order chi connectivity index (χ1) is 11.6. The molecular formula is C17H16ClN3O2S. The summed E-state index contributed by atoms with van der Waals surface area (Å²) in [6.07, 6.45) is 0. The maximum atomic E-state index is 12.0. The van der Waals surface area contributed by atoms with Gasteiger partial charge in [0.2, 0.25) is 5.91 Å². The van der Waals surface area contributed by atoms with Crippen LogP contribution in [0.25, 0.3) is 0 Å². The lowest BCUT2D eigenvalue weighted by Crippen LogP contribution is -2.27. The van der Waals surface area contributed by atoms with Gasteiger partial charge in [-0.3, -0.25) is 9.69 Å². The Kier molecular flexibility index (Phi) is 5.27. The third-order valence-electron chi connectivity index (χ3n) is 3.50. The Hall–Kier alpha value is -2.18. The smallest absolute Gasteiger partial charge is 0.321 e. The molecule has 1 saturated heterocycles. The van der Waals surface area contributed by atoms with Crippen LogP contribution in [0.2, 0.25) is 5.02 Å². The van der Waals surface area contributed by atoms with Gasteiger partial charge in [0.05, 0.1) is 5.75 Å². The quantitative estimate of drug-likeness (QED) is 0.800. The number of anilines is 2. The normalized spacial score (nSPS) is 13.7. The van der Waals surface area contributed by atoms with Crippen molar-refractivity contribution in [2.75, 3.05) is 29.1 Å². The highest BCUT2D eigenvalue weighted by molar-refractivity contribution is 8.00. The number of urea groups is 1. The summed E-state index contributed by atoms with van der Waals surface area (Å²) in [6, 6.07) is 14.5. The number of halogens is 1. The average molecular weight is 362 g/mol. The molecule has 3 rings (SSSR count). The minimum atomic E-state index is -0.0915. The van der Waals surface area contributed by atoms with Crippen LogP contribution in [0.1, 0.15) is 0 Å². The zero-order valence-corrected chi connectivity index (χ0v) is 14.4. The maximum Gasteiger partial charge on any atom is 0.321 e. The third-order valence-corrected chi connectivity index (χ3v) is 4.77. The van der Waals surface area contributed by atoms with Gasteiger partial charge < -0.3 is 10.6 Å². The Bertz CT molecular complexity index is 735. The highest BCUT2D eigenvalue weighted by atomic mass is 35.5. The van der Waals surface area contributed by atoms with Gasteiger partial charge in [-0.1, -0.05) is 11.6 Å². The fourth-order valence-electron chi connectivity index (χ4n) is 2.32. The molecule has 1 aliphatic rings. The fraction of sp³-hybridized carbons (Fsp3) is 0.176. The molecule has 1 heterocycles. The molecule has 2 aromatic rings. The van der Waals surface area contributed by atoms with Crippen LogP contribution in [-0.2, 0) is 4.79 Å². The van der Waals surface area contributed by atoms with Crippen LogP contribution < -0.4 is 15.5 Å². The molecule has 7 heteroatoms. The summed E-state index contributed by atoms with van der Waals surface area (Å²) in [5, 5.41) is 6.28. The van der Waals surface area contributed by atoms with Gasteiger partial charge in [0, 0.05) is 34.4 Å². The van der Waals surface area contributed by atoms with E-state index in [4.69, 9.17) is 11.6 Å². The van der Waals surface area contributed by atoms with Crippen molar-refractivity contribution in [1.29, 1.82) is 0 Å². The second kappa shape index (κ2) is 7.59. The minimum Gasteiger partial charge on any atom is -0.336 e. The average Bonchev–Trinajstić information content (AvgIpc) is 3.01. The first-order valence-electron chi connectivity index (χ1n) is 7.45. The zero-order chi connectivity index (χ0) is 16.9. The van der Waals surface area contributed by atoms with Crippen molar-refractivity contribution in [3.8, 4) is 0 Å². The highest BCUT2D eigenvalue weighted by Crippen LogP contribution is 2.22. The van der Waals surface area contributed by atoms with Gasteiger partial charge in [-0.15, -0.1) is 11.8 Å². The van der Waals surface area contributed by atoms with Gasteiger partial charge in [0.15, 0.2) is 0 Å². The Morgan fingerprint density at radius 2 is 1.88 bits per heavy atom. The summed E-state index contributed by atoms with van der Waals surface area (Å²) >= 11 is 7.28. The Morgan fingerprint density at radius 3 is 2.50 bits per heavy atom. The van der Waals surface area contributed by atoms with Crippen molar-refractivity contribution in [3.63, 3.8) is 0 Å². The molecule has 0 bridgehead atoms. The van der Waals surface area contributed by atoms with Crippen LogP contribution in [0.5, 0.6) is 0 Å². The summed E-state index contributed by atoms with van der Waals surface area (Å²) in [6.45, 7) is 1.31. The summed E-state index contributed by atoms with van der Waals surface area (Å²) in [5.74, 6) is 0.236. The predicted octanol–water partition coefficient (Wildman–Crippen LogP) is 3.60. The van der Waals surface area contributed by atoms with Crippen LogP contribution in [0.4, 0.5) is 16.2 Å². The summed E-state index contributed by atoms with van der Waals surface area (Å²) in [7, 11) is 0. The van der Waals surface area contributed by atoms with Gasteiger partial charge >= 0.3 is 6.03 Å². The number of benzene rings is 2. The number of nitrogens with one attached hydrogen (secondary N) is 2. The van der Waals surface area contributed by atoms with E-state index in [-0.39, 0.29) is 11.9 Å². The molecule has 0 saturated carbocycles. The molecule has 0 spiro atoms. The lowest BCUT2D eigenvalue weighted by Gasteiger charge is -2.14. The fourth-order valence-corrected chi connectivity index (χ4v) is 3.14. The molecule has 1 fully saturated rings. The monoisotopic (exact) mass is 361 g/mol. The Labute approximate surface area is 149 Å². The lowest BCUT2D eigenvalue weighted by atomic mass is 10.2. The predicted molar refractivity (Wildman–Crippen MR) is 98.0 cm³/mol. The molecule has 0 aliphatic carbocycles. The highest BCUT2D eigenvalue weighted by Gasteiger charge is 2.20. The van der Waals surface area contributed by atoms with E-state index in [2.05, 4.69) is 10.6 Å². The third kappa shape index (κ3) is 4.21. The van der Waals surface area contributed by atoms with E-state index in [1.165, 1.54) is 11.8 Å². The molecule has 0 unspecified atom stereocenters. The number of rotatable bonds is 5. The summed E-state index contributed by atoms with van der Waals surface area (Å²) < 4.78 is 0. The van der Waals surface area contributed by atoms with Crippen molar-refractivity contribution >= 4 is 46.7 Å². The van der Waals surface area contributed by atoms with E-state index in [1.54, 1.807) is 29.2 Å². The molecule has 2 aromatic carbocycles. The van der Waals surface area contributed by atoms with E-state index in [9.17, 15) is 9.59 Å². The molecule has 0 radical (unpaired) electrons. The number of hydrogen-bond acceptors (Lipinski definition) is 3. The molecule has 1 aliphatic heterocycles. The number of carbonyl (C=O) groups is 2. The first-order valence-corrected chi connectivity index (χ1v) is 8.82. The molecule has 124 valence electrons. The topological polar surface area (TPSA) is 61.4 Å². The number of thioether (sulfide) groups is 1. The van der Waals surface area contributed by atoms with Gasteiger partial charge in [0.1, 0.15) is 0 Å². The molecule has 0 atom stereocenters. The second-order valence-corrected chi connectivity index (χ2v) is 6.71. The minimum absolute atomic E-state index is 0.0818. The lowest BCUT2D eigenvalue weighted by molar-refractivity contribution is -0.113. The van der Waals surface area contributed by atoms with Crippen molar-refractivity contribution < 1.29 is 9.59 Å². The first kappa shape index (κ1) is 16.7. The standard InChI is InChI=1S/C17H16ClN3O2S/c18-12-1-7-15(8-2-12)24-11-16(22)20-13-3-5-14(6-4-13)21-10-9-19-17(21)23/h1-8H,9-11H2,(H,19,23)(H,20,22). The Morgan fingerprint density at radius 1 is 1.17 bits per heavy atom. The number of nitrogens with zero attached hydrogens (tertiary/aromatic N) is 1. The van der Waals surface area contributed by atoms with Crippen molar-refractivity contribution in [1.82, 2.24) is 5.32 Å². The number of carbonyl (C=O) groups excluding carboxylic acids is 2. The van der Waals surface area contributed by atoms with Crippen molar-refractivity contribution in [2.45, 2.75) is 4.90 Å². The maximum absolute atomic E-state index is 12.0. The van der Waals surface area contributed by atoms with Crippen LogP contribution in [0.3, 0.4) is 0 Å². The van der Waals surface area contributed by atoms with E-state index in [0.717, 1.165) is 10.6 Å². The number of amides is 3. The van der Waals surface area contributed by atoms with Crippen molar-refractivity contribution in [3.05, 3.63) is 53.6 Å². The molecule has 24 heavy (non-hydrogen) atoms. The van der Waals surface area contributed by atoms with E-state index in [0.29, 0.717) is 29.6 Å². The van der Waals surface area contributed by atoms with Gasteiger partial charge in [-0.2, -0.15) is 0 Å². The largest absolute Gasteiger partial charge is 0.336 e. The van der Waals surface area contributed by atoms with Crippen molar-refractivity contribution in [2.24, 2.45) is 0 Å². The van der Waals surface area contributed by atoms with Crippen LogP contribution in [0, 0.1) is 0 Å². The zero-order valence-electron chi connectivity index (χ0n) is 12.8. The van der Waals surface area contributed by atoms with E-state index in [1.807, 2.05) is 24.3 Å². The second-order valence-electron chi connectivity index (χ2n) is 5.22. The number of hydrogen-bond donors (Lipinski definition) is 2. The molecule has 0 aromatic heterocycles. The van der Waals surface area contributed by atoms with E-state index >= 15 is 0 Å². The van der Waals surface area contributed by atoms with Gasteiger partial charge in [-0.25, -0.2) is 4.79 Å². The summed E-state index contributed by atoms with van der Waals surface area (Å²) in [4.78, 5) is 26.3.